The Morgan fingerprint density at radius 1 is 1.43 bits per heavy atom. The van der Waals surface area contributed by atoms with Crippen LogP contribution in [-0.4, -0.2) is 17.6 Å². The molecule has 2 rings (SSSR count). The molecule has 0 aromatic carbocycles. The number of allylic oxidation sites excluding steroid dienone is 2. The summed E-state index contributed by atoms with van der Waals surface area (Å²) >= 11 is 0. The maximum absolute atomic E-state index is 12.0. The molecule has 1 heterocycles. The van der Waals surface area contributed by atoms with E-state index in [1.165, 1.54) is 5.57 Å². The zero-order valence-electron chi connectivity index (χ0n) is 13.3. The monoisotopic (exact) mass is 287 g/mol. The second kappa shape index (κ2) is 7.39. The number of ether oxygens (including phenoxy) is 1. The summed E-state index contributed by atoms with van der Waals surface area (Å²) in [6, 6.07) is 6.14. The van der Waals surface area contributed by atoms with E-state index >= 15 is 0 Å². The number of rotatable bonds is 5. The molecule has 0 spiro atoms. The summed E-state index contributed by atoms with van der Waals surface area (Å²) in [6.07, 6.45) is 6.10. The minimum atomic E-state index is -0.0319. The third-order valence-corrected chi connectivity index (χ3v) is 4.27. The standard InChI is InChI=1S/C18H25NO2/c1-4-16(18(20)21-5-2)14-9-11-15(12-10-14)17-8-6-7-13(3)19-17/h6-8,11,14,16H,4-5,9-10,12H2,1-3H3. The van der Waals surface area contributed by atoms with Crippen LogP contribution in [0.2, 0.25) is 0 Å². The first-order valence-corrected chi connectivity index (χ1v) is 7.95. The molecule has 0 fully saturated rings. The molecule has 1 aromatic heterocycles. The lowest BCUT2D eigenvalue weighted by atomic mass is 9.79. The van der Waals surface area contributed by atoms with Gasteiger partial charge in [-0.15, -0.1) is 0 Å². The predicted octanol–water partition coefficient (Wildman–Crippen LogP) is 4.16. The number of hydrogen-bond donors (Lipinski definition) is 0. The Kier molecular flexibility index (Phi) is 5.54. The van der Waals surface area contributed by atoms with Gasteiger partial charge in [0.05, 0.1) is 18.2 Å². The van der Waals surface area contributed by atoms with Gasteiger partial charge in [-0.05, 0) is 63.2 Å². The molecule has 1 aromatic rings. The maximum Gasteiger partial charge on any atom is 0.309 e. The number of aromatic nitrogens is 1. The van der Waals surface area contributed by atoms with E-state index in [1.54, 1.807) is 0 Å². The van der Waals surface area contributed by atoms with E-state index in [9.17, 15) is 4.79 Å². The molecule has 3 heteroatoms. The second-order valence-electron chi connectivity index (χ2n) is 5.69. The minimum Gasteiger partial charge on any atom is -0.466 e. The lowest BCUT2D eigenvalue weighted by molar-refractivity contribution is -0.150. The van der Waals surface area contributed by atoms with Gasteiger partial charge in [0, 0.05) is 5.69 Å². The molecule has 21 heavy (non-hydrogen) atoms. The van der Waals surface area contributed by atoms with Crippen LogP contribution in [0.15, 0.2) is 24.3 Å². The van der Waals surface area contributed by atoms with Gasteiger partial charge >= 0.3 is 5.97 Å². The van der Waals surface area contributed by atoms with Crippen LogP contribution < -0.4 is 0 Å². The van der Waals surface area contributed by atoms with Crippen LogP contribution in [0.25, 0.3) is 5.57 Å². The van der Waals surface area contributed by atoms with Crippen molar-refractivity contribution < 1.29 is 9.53 Å². The topological polar surface area (TPSA) is 39.2 Å². The highest BCUT2D eigenvalue weighted by Gasteiger charge is 2.29. The Hall–Kier alpha value is -1.64. The Morgan fingerprint density at radius 2 is 2.24 bits per heavy atom. The number of pyridine rings is 1. The molecule has 2 unspecified atom stereocenters. The lowest BCUT2D eigenvalue weighted by Crippen LogP contribution is -2.26. The summed E-state index contributed by atoms with van der Waals surface area (Å²) in [7, 11) is 0. The van der Waals surface area contributed by atoms with Crippen molar-refractivity contribution in [2.24, 2.45) is 11.8 Å². The summed E-state index contributed by atoms with van der Waals surface area (Å²) in [4.78, 5) is 16.6. The molecule has 0 radical (unpaired) electrons. The first-order valence-electron chi connectivity index (χ1n) is 7.95. The number of carbonyl (C=O) groups is 1. The predicted molar refractivity (Wildman–Crippen MR) is 84.7 cm³/mol. The molecule has 3 nitrogen and oxygen atoms in total. The minimum absolute atomic E-state index is 0.0319. The van der Waals surface area contributed by atoms with Crippen LogP contribution in [0.5, 0.6) is 0 Å². The fraction of sp³-hybridized carbons (Fsp3) is 0.556. The van der Waals surface area contributed by atoms with E-state index in [2.05, 4.69) is 30.1 Å². The highest BCUT2D eigenvalue weighted by atomic mass is 16.5. The molecule has 114 valence electrons. The molecule has 0 N–H and O–H groups in total. The number of hydrogen-bond acceptors (Lipinski definition) is 3. The Labute approximate surface area is 127 Å². The van der Waals surface area contributed by atoms with Gasteiger partial charge in [-0.2, -0.15) is 0 Å². The Bertz CT molecular complexity index is 522. The summed E-state index contributed by atoms with van der Waals surface area (Å²) < 4.78 is 5.20. The van der Waals surface area contributed by atoms with Gasteiger partial charge in [-0.1, -0.05) is 19.1 Å². The SMILES string of the molecule is CCOC(=O)C(CC)C1CC=C(c2cccc(C)n2)CC1. The van der Waals surface area contributed by atoms with E-state index in [4.69, 9.17) is 4.74 Å². The van der Waals surface area contributed by atoms with Crippen molar-refractivity contribution in [2.75, 3.05) is 6.61 Å². The van der Waals surface area contributed by atoms with Crippen LogP contribution in [-0.2, 0) is 9.53 Å². The van der Waals surface area contributed by atoms with Gasteiger partial charge in [-0.3, -0.25) is 9.78 Å². The first-order chi connectivity index (χ1) is 10.2. The summed E-state index contributed by atoms with van der Waals surface area (Å²) in [6.45, 7) is 6.43. The third-order valence-electron chi connectivity index (χ3n) is 4.27. The van der Waals surface area contributed by atoms with Crippen molar-refractivity contribution in [2.45, 2.75) is 46.5 Å². The van der Waals surface area contributed by atoms with Gasteiger partial charge in [0.2, 0.25) is 0 Å². The van der Waals surface area contributed by atoms with Crippen molar-refractivity contribution in [3.63, 3.8) is 0 Å². The lowest BCUT2D eigenvalue weighted by Gasteiger charge is -2.27. The van der Waals surface area contributed by atoms with Gasteiger partial charge in [0.15, 0.2) is 0 Å². The number of carbonyl (C=O) groups excluding carboxylic acids is 1. The van der Waals surface area contributed by atoms with Crippen LogP contribution in [0, 0.1) is 18.8 Å². The van der Waals surface area contributed by atoms with Crippen LogP contribution >= 0.6 is 0 Å². The molecular weight excluding hydrogens is 262 g/mol. The van der Waals surface area contributed by atoms with Crippen molar-refractivity contribution in [3.8, 4) is 0 Å². The van der Waals surface area contributed by atoms with Gasteiger partial charge in [0.25, 0.3) is 0 Å². The third kappa shape index (κ3) is 3.93. The summed E-state index contributed by atoms with van der Waals surface area (Å²) in [5, 5.41) is 0. The van der Waals surface area contributed by atoms with Crippen LogP contribution in [0.1, 0.15) is 50.9 Å². The van der Waals surface area contributed by atoms with Crippen molar-refractivity contribution >= 4 is 11.5 Å². The van der Waals surface area contributed by atoms with E-state index in [0.29, 0.717) is 12.5 Å². The average molecular weight is 287 g/mol. The van der Waals surface area contributed by atoms with E-state index < -0.39 is 0 Å². The van der Waals surface area contributed by atoms with Crippen LogP contribution in [0.4, 0.5) is 0 Å². The average Bonchev–Trinajstić information content (AvgIpc) is 2.49. The fourth-order valence-electron chi connectivity index (χ4n) is 3.12. The molecule has 0 saturated heterocycles. The molecule has 1 aliphatic carbocycles. The Balaban J connectivity index is 2.05. The van der Waals surface area contributed by atoms with Crippen molar-refractivity contribution in [3.05, 3.63) is 35.7 Å². The second-order valence-corrected chi connectivity index (χ2v) is 5.69. The van der Waals surface area contributed by atoms with E-state index in [1.807, 2.05) is 19.9 Å². The highest BCUT2D eigenvalue weighted by molar-refractivity contribution is 5.73. The normalized spacial score (nSPS) is 19.8. The molecule has 2 atom stereocenters. The van der Waals surface area contributed by atoms with Gasteiger partial charge in [-0.25, -0.2) is 0 Å². The first kappa shape index (κ1) is 15.7. The van der Waals surface area contributed by atoms with E-state index in [-0.39, 0.29) is 11.9 Å². The fourth-order valence-corrected chi connectivity index (χ4v) is 3.12. The van der Waals surface area contributed by atoms with E-state index in [0.717, 1.165) is 37.1 Å². The largest absolute Gasteiger partial charge is 0.466 e. The highest BCUT2D eigenvalue weighted by Crippen LogP contribution is 2.35. The Morgan fingerprint density at radius 3 is 2.81 bits per heavy atom. The maximum atomic E-state index is 12.0. The van der Waals surface area contributed by atoms with Crippen molar-refractivity contribution in [1.82, 2.24) is 4.98 Å². The number of nitrogens with zero attached hydrogens (tertiary/aromatic N) is 1. The van der Waals surface area contributed by atoms with Crippen molar-refractivity contribution in [1.29, 1.82) is 0 Å². The molecule has 1 aliphatic rings. The van der Waals surface area contributed by atoms with Gasteiger partial charge in [0.1, 0.15) is 0 Å². The molecule has 0 aliphatic heterocycles. The quantitative estimate of drug-likeness (QED) is 0.763. The molecular formula is C18H25NO2. The summed E-state index contributed by atoms with van der Waals surface area (Å²) in [5.41, 5.74) is 3.44. The molecule has 0 amide bonds. The number of aryl methyl sites for hydroxylation is 1. The number of esters is 1. The van der Waals surface area contributed by atoms with Crippen LogP contribution in [0.3, 0.4) is 0 Å². The summed E-state index contributed by atoms with van der Waals surface area (Å²) in [5.74, 6) is 0.409. The zero-order valence-corrected chi connectivity index (χ0v) is 13.3. The zero-order chi connectivity index (χ0) is 15.2. The van der Waals surface area contributed by atoms with Gasteiger partial charge < -0.3 is 4.74 Å². The smallest absolute Gasteiger partial charge is 0.309 e. The molecule has 0 saturated carbocycles. The molecule has 0 bridgehead atoms.